The summed E-state index contributed by atoms with van der Waals surface area (Å²) in [6.07, 6.45) is -4.95. The van der Waals surface area contributed by atoms with Gasteiger partial charge in [-0.05, 0) is 17.7 Å². The molecular weight excluding hydrogens is 267 g/mol. The number of nitrogens with one attached hydrogen (secondary N) is 1. The Kier molecular flexibility index (Phi) is 4.36. The Hall–Kier alpha value is -2.25. The quantitative estimate of drug-likeness (QED) is 0.876. The van der Waals surface area contributed by atoms with Crippen molar-refractivity contribution >= 4 is 11.9 Å². The third kappa shape index (κ3) is 3.87. The van der Waals surface area contributed by atoms with Crippen LogP contribution >= 0.6 is 0 Å². The van der Waals surface area contributed by atoms with Gasteiger partial charge in [-0.1, -0.05) is 6.07 Å². The number of rotatable bonds is 4. The van der Waals surface area contributed by atoms with Crippen molar-refractivity contribution in [2.45, 2.75) is 12.7 Å². The largest absolute Gasteiger partial charge is 0.496 e. The van der Waals surface area contributed by atoms with Gasteiger partial charge in [0.1, 0.15) is 11.3 Å². The molecule has 0 heterocycles. The Balaban J connectivity index is 2.81. The summed E-state index contributed by atoms with van der Waals surface area (Å²) in [5.74, 6) is -3.28. The van der Waals surface area contributed by atoms with Gasteiger partial charge >= 0.3 is 18.1 Å². The van der Waals surface area contributed by atoms with Gasteiger partial charge in [-0.3, -0.25) is 4.79 Å². The second kappa shape index (κ2) is 5.59. The van der Waals surface area contributed by atoms with Crippen LogP contribution in [0.1, 0.15) is 15.9 Å². The number of ether oxygens (including phenoxy) is 1. The summed E-state index contributed by atoms with van der Waals surface area (Å²) in [6, 6.07) is 3.74. The number of carbonyl (C=O) groups excluding carboxylic acids is 1. The van der Waals surface area contributed by atoms with Crippen molar-refractivity contribution in [1.82, 2.24) is 5.32 Å². The summed E-state index contributed by atoms with van der Waals surface area (Å²) in [5, 5.41) is 10.5. The molecule has 5 nitrogen and oxygen atoms in total. The lowest BCUT2D eigenvalue weighted by atomic mass is 10.1. The van der Waals surface area contributed by atoms with Crippen LogP contribution in [0.4, 0.5) is 13.2 Å². The van der Waals surface area contributed by atoms with Gasteiger partial charge in [-0.15, -0.1) is 0 Å². The third-order valence-electron chi connectivity index (χ3n) is 2.21. The zero-order valence-corrected chi connectivity index (χ0v) is 9.75. The van der Waals surface area contributed by atoms with E-state index in [0.29, 0.717) is 5.56 Å². The van der Waals surface area contributed by atoms with Gasteiger partial charge in [0.05, 0.1) is 7.11 Å². The van der Waals surface area contributed by atoms with E-state index in [2.05, 4.69) is 0 Å². The van der Waals surface area contributed by atoms with Crippen molar-refractivity contribution in [3.63, 3.8) is 0 Å². The van der Waals surface area contributed by atoms with Crippen molar-refractivity contribution < 1.29 is 32.6 Å². The lowest BCUT2D eigenvalue weighted by Crippen LogP contribution is -2.36. The van der Waals surface area contributed by atoms with Crippen molar-refractivity contribution in [2.75, 3.05) is 7.11 Å². The average molecular weight is 277 g/mol. The van der Waals surface area contributed by atoms with Crippen LogP contribution < -0.4 is 10.1 Å². The molecule has 0 aliphatic carbocycles. The van der Waals surface area contributed by atoms with Crippen LogP contribution in [0.3, 0.4) is 0 Å². The number of hydrogen-bond acceptors (Lipinski definition) is 3. The topological polar surface area (TPSA) is 75.6 Å². The fourth-order valence-corrected chi connectivity index (χ4v) is 1.30. The maximum Gasteiger partial charge on any atom is 0.471 e. The number of carboxylic acids is 1. The molecule has 0 bridgehead atoms. The lowest BCUT2D eigenvalue weighted by Gasteiger charge is -2.10. The van der Waals surface area contributed by atoms with Gasteiger partial charge in [-0.2, -0.15) is 13.2 Å². The standard InChI is InChI=1S/C11H10F3NO4/c1-19-8-4-6(2-3-7(8)9(16)17)5-15-10(18)11(12,13)14/h2-4H,5H2,1H3,(H,15,18)(H,16,17). The molecule has 1 rings (SSSR count). The van der Waals surface area contributed by atoms with E-state index in [-0.39, 0.29) is 17.9 Å². The SMILES string of the molecule is COc1cc(CNC(=O)C(F)(F)F)ccc1C(=O)O. The Morgan fingerprint density at radius 3 is 2.47 bits per heavy atom. The molecule has 1 aromatic rings. The summed E-state index contributed by atoms with van der Waals surface area (Å²) in [6.45, 7) is -0.380. The smallest absolute Gasteiger partial charge is 0.471 e. The first-order valence-corrected chi connectivity index (χ1v) is 5.01. The van der Waals surface area contributed by atoms with Crippen LogP contribution in [-0.2, 0) is 11.3 Å². The summed E-state index contributed by atoms with van der Waals surface area (Å²) in [5.41, 5.74) is 0.174. The minimum Gasteiger partial charge on any atom is -0.496 e. The van der Waals surface area contributed by atoms with Crippen molar-refractivity contribution in [3.8, 4) is 5.75 Å². The fourth-order valence-electron chi connectivity index (χ4n) is 1.30. The molecule has 1 amide bonds. The van der Waals surface area contributed by atoms with Gasteiger partial charge in [0.25, 0.3) is 0 Å². The van der Waals surface area contributed by atoms with Crippen molar-refractivity contribution in [2.24, 2.45) is 0 Å². The predicted octanol–water partition coefficient (Wildman–Crippen LogP) is 1.57. The Morgan fingerprint density at radius 1 is 1.37 bits per heavy atom. The Bertz CT molecular complexity index is 499. The Labute approximate surface area is 106 Å². The molecule has 0 spiro atoms. The molecule has 0 aromatic heterocycles. The van der Waals surface area contributed by atoms with Crippen molar-refractivity contribution in [1.29, 1.82) is 0 Å². The second-order valence-corrected chi connectivity index (χ2v) is 3.52. The highest BCUT2D eigenvalue weighted by atomic mass is 19.4. The van der Waals surface area contributed by atoms with E-state index in [1.807, 2.05) is 0 Å². The van der Waals surface area contributed by atoms with Gasteiger partial charge in [0.15, 0.2) is 0 Å². The van der Waals surface area contributed by atoms with Crippen LogP contribution in [0, 0.1) is 0 Å². The molecule has 0 radical (unpaired) electrons. The van der Waals surface area contributed by atoms with E-state index < -0.39 is 18.1 Å². The number of methoxy groups -OCH3 is 1. The highest BCUT2D eigenvalue weighted by Gasteiger charge is 2.38. The molecule has 0 saturated heterocycles. The molecular formula is C11H10F3NO4. The minimum atomic E-state index is -4.95. The van der Waals surface area contributed by atoms with E-state index in [1.54, 1.807) is 5.32 Å². The molecule has 104 valence electrons. The molecule has 19 heavy (non-hydrogen) atoms. The van der Waals surface area contributed by atoms with E-state index in [9.17, 15) is 22.8 Å². The molecule has 0 fully saturated rings. The molecule has 0 atom stereocenters. The van der Waals surface area contributed by atoms with Crippen LogP contribution in [0.15, 0.2) is 18.2 Å². The molecule has 0 saturated carbocycles. The van der Waals surface area contributed by atoms with E-state index in [1.165, 1.54) is 25.3 Å². The first-order valence-electron chi connectivity index (χ1n) is 5.01. The molecule has 2 N–H and O–H groups in total. The highest BCUT2D eigenvalue weighted by molar-refractivity contribution is 5.91. The number of halogens is 3. The number of hydrogen-bond donors (Lipinski definition) is 2. The third-order valence-corrected chi connectivity index (χ3v) is 2.21. The van der Waals surface area contributed by atoms with Crippen LogP contribution in [0.5, 0.6) is 5.75 Å². The number of carboxylic acid groups (broad SMARTS) is 1. The highest BCUT2D eigenvalue weighted by Crippen LogP contribution is 2.20. The van der Waals surface area contributed by atoms with Crippen molar-refractivity contribution in [3.05, 3.63) is 29.3 Å². The van der Waals surface area contributed by atoms with E-state index >= 15 is 0 Å². The van der Waals surface area contributed by atoms with Crippen LogP contribution in [0.2, 0.25) is 0 Å². The number of amides is 1. The number of carbonyl (C=O) groups is 2. The molecule has 0 aliphatic heterocycles. The molecule has 0 aliphatic rings. The van der Waals surface area contributed by atoms with E-state index in [4.69, 9.17) is 9.84 Å². The molecule has 0 unspecified atom stereocenters. The van der Waals surface area contributed by atoms with E-state index in [0.717, 1.165) is 0 Å². The predicted molar refractivity (Wildman–Crippen MR) is 57.9 cm³/mol. The van der Waals surface area contributed by atoms with Gasteiger partial charge < -0.3 is 15.2 Å². The maximum atomic E-state index is 12.0. The normalized spacial score (nSPS) is 10.9. The number of aromatic carboxylic acids is 1. The van der Waals surface area contributed by atoms with Gasteiger partial charge in [0.2, 0.25) is 0 Å². The number of benzene rings is 1. The molecule has 1 aromatic carbocycles. The Morgan fingerprint density at radius 2 is 2.00 bits per heavy atom. The average Bonchev–Trinajstić information content (AvgIpc) is 2.33. The lowest BCUT2D eigenvalue weighted by molar-refractivity contribution is -0.173. The monoisotopic (exact) mass is 277 g/mol. The fraction of sp³-hybridized carbons (Fsp3) is 0.273. The minimum absolute atomic E-state index is 0.00579. The summed E-state index contributed by atoms with van der Waals surface area (Å²) in [7, 11) is 1.24. The summed E-state index contributed by atoms with van der Waals surface area (Å²) in [4.78, 5) is 21.4. The second-order valence-electron chi connectivity index (χ2n) is 3.52. The zero-order valence-electron chi connectivity index (χ0n) is 9.75. The van der Waals surface area contributed by atoms with Gasteiger partial charge in [-0.25, -0.2) is 4.79 Å². The van der Waals surface area contributed by atoms with Crippen LogP contribution in [-0.4, -0.2) is 30.3 Å². The first kappa shape index (κ1) is 14.8. The maximum absolute atomic E-state index is 12.0. The summed E-state index contributed by atoms with van der Waals surface area (Å²) >= 11 is 0. The van der Waals surface area contributed by atoms with Gasteiger partial charge in [0, 0.05) is 6.54 Å². The van der Waals surface area contributed by atoms with Crippen LogP contribution in [0.25, 0.3) is 0 Å². The number of alkyl halides is 3. The summed E-state index contributed by atoms with van der Waals surface area (Å²) < 4.78 is 40.7. The molecule has 8 heteroatoms. The zero-order chi connectivity index (χ0) is 14.6. The first-order chi connectivity index (χ1) is 8.75.